The predicted molar refractivity (Wildman–Crippen MR) is 77.1 cm³/mol. The zero-order valence-electron chi connectivity index (χ0n) is 11.4. The van der Waals surface area contributed by atoms with Gasteiger partial charge in [-0.25, -0.2) is 0 Å². The first-order valence-electron chi connectivity index (χ1n) is 7.07. The number of nitrogens with one attached hydrogen (secondary N) is 1. The second kappa shape index (κ2) is 4.77. The van der Waals surface area contributed by atoms with Crippen molar-refractivity contribution >= 4 is 10.9 Å². The van der Waals surface area contributed by atoms with Crippen LogP contribution in [0.4, 0.5) is 0 Å². The Kier molecular flexibility index (Phi) is 3.13. The Bertz CT molecular complexity index is 533. The molecule has 0 bridgehead atoms. The van der Waals surface area contributed by atoms with Crippen LogP contribution in [0.25, 0.3) is 10.9 Å². The highest BCUT2D eigenvalue weighted by atomic mass is 15.1. The maximum Gasteiger partial charge on any atom is 0.0459 e. The minimum absolute atomic E-state index is 0.726. The van der Waals surface area contributed by atoms with Crippen molar-refractivity contribution in [2.45, 2.75) is 32.1 Å². The molecule has 1 aromatic heterocycles. The van der Waals surface area contributed by atoms with Crippen LogP contribution >= 0.6 is 0 Å². The summed E-state index contributed by atoms with van der Waals surface area (Å²) >= 11 is 0. The Morgan fingerprint density at radius 3 is 2.67 bits per heavy atom. The molecule has 96 valence electrons. The first kappa shape index (κ1) is 11.8. The summed E-state index contributed by atoms with van der Waals surface area (Å²) in [5.41, 5.74) is 4.36. The van der Waals surface area contributed by atoms with Crippen molar-refractivity contribution in [2.75, 3.05) is 20.1 Å². The van der Waals surface area contributed by atoms with E-state index in [1.807, 2.05) is 0 Å². The zero-order valence-corrected chi connectivity index (χ0v) is 11.4. The van der Waals surface area contributed by atoms with Gasteiger partial charge in [0.05, 0.1) is 0 Å². The summed E-state index contributed by atoms with van der Waals surface area (Å²) < 4.78 is 0. The summed E-state index contributed by atoms with van der Waals surface area (Å²) in [5, 5.41) is 1.42. The molecule has 0 radical (unpaired) electrons. The number of H-pyrrole nitrogens is 1. The normalized spacial score (nSPS) is 18.6. The van der Waals surface area contributed by atoms with Gasteiger partial charge < -0.3 is 9.88 Å². The average molecular weight is 242 g/mol. The van der Waals surface area contributed by atoms with Crippen LogP contribution in [-0.2, 0) is 6.42 Å². The maximum absolute atomic E-state index is 3.68. The van der Waals surface area contributed by atoms with Gasteiger partial charge in [0.15, 0.2) is 0 Å². The molecule has 0 atom stereocenters. The Balaban J connectivity index is 2.00. The average Bonchev–Trinajstić information content (AvgIpc) is 2.78. The number of fused-ring (bicyclic) bond motifs is 1. The Labute approximate surface area is 109 Å². The molecule has 2 aromatic rings. The molecular weight excluding hydrogens is 220 g/mol. The topological polar surface area (TPSA) is 19.0 Å². The molecule has 2 heteroatoms. The SMILES string of the molecule is CCc1c(C2CCN(C)CC2)[nH]c2ccccc12. The lowest BCUT2D eigenvalue weighted by Crippen LogP contribution is -2.29. The van der Waals surface area contributed by atoms with Gasteiger partial charge >= 0.3 is 0 Å². The van der Waals surface area contributed by atoms with Crippen LogP contribution in [-0.4, -0.2) is 30.0 Å². The van der Waals surface area contributed by atoms with E-state index < -0.39 is 0 Å². The lowest BCUT2D eigenvalue weighted by atomic mass is 9.90. The fourth-order valence-electron chi connectivity index (χ4n) is 3.25. The molecule has 1 aliphatic heterocycles. The number of piperidine rings is 1. The van der Waals surface area contributed by atoms with Crippen LogP contribution in [0.15, 0.2) is 24.3 Å². The number of nitrogens with zero attached hydrogens (tertiary/aromatic N) is 1. The highest BCUT2D eigenvalue weighted by molar-refractivity contribution is 5.84. The van der Waals surface area contributed by atoms with Gasteiger partial charge in [0.1, 0.15) is 0 Å². The summed E-state index contributed by atoms with van der Waals surface area (Å²) in [6.07, 6.45) is 3.71. The summed E-state index contributed by atoms with van der Waals surface area (Å²) in [7, 11) is 2.22. The Hall–Kier alpha value is -1.28. The first-order valence-corrected chi connectivity index (χ1v) is 7.07. The van der Waals surface area contributed by atoms with Crippen molar-refractivity contribution in [1.82, 2.24) is 9.88 Å². The van der Waals surface area contributed by atoms with Gasteiger partial charge in [-0.05, 0) is 51.0 Å². The number of aryl methyl sites for hydroxylation is 1. The van der Waals surface area contributed by atoms with Crippen molar-refractivity contribution in [3.8, 4) is 0 Å². The summed E-state index contributed by atoms with van der Waals surface area (Å²) in [4.78, 5) is 6.12. The fraction of sp³-hybridized carbons (Fsp3) is 0.500. The van der Waals surface area contributed by atoms with Crippen molar-refractivity contribution in [2.24, 2.45) is 0 Å². The van der Waals surface area contributed by atoms with Crippen LogP contribution in [0.1, 0.15) is 36.9 Å². The Morgan fingerprint density at radius 1 is 1.22 bits per heavy atom. The second-order valence-corrected chi connectivity index (χ2v) is 5.49. The summed E-state index contributed by atoms with van der Waals surface area (Å²) in [6, 6.07) is 8.72. The number of likely N-dealkylation sites (tertiary alicyclic amines) is 1. The van der Waals surface area contributed by atoms with Crippen LogP contribution in [0, 0.1) is 0 Å². The number of benzene rings is 1. The molecule has 3 rings (SSSR count). The van der Waals surface area contributed by atoms with E-state index in [2.05, 4.69) is 48.1 Å². The minimum atomic E-state index is 0.726. The van der Waals surface area contributed by atoms with Crippen molar-refractivity contribution in [3.05, 3.63) is 35.5 Å². The quantitative estimate of drug-likeness (QED) is 0.853. The van der Waals surface area contributed by atoms with Crippen molar-refractivity contribution in [1.29, 1.82) is 0 Å². The van der Waals surface area contributed by atoms with Crippen molar-refractivity contribution < 1.29 is 0 Å². The van der Waals surface area contributed by atoms with Gasteiger partial charge in [0.25, 0.3) is 0 Å². The third-order valence-corrected chi connectivity index (χ3v) is 4.33. The van der Waals surface area contributed by atoms with Crippen LogP contribution < -0.4 is 0 Å². The first-order chi connectivity index (χ1) is 8.79. The number of rotatable bonds is 2. The number of hydrogen-bond donors (Lipinski definition) is 1. The van der Waals surface area contributed by atoms with E-state index in [9.17, 15) is 0 Å². The molecule has 1 N–H and O–H groups in total. The maximum atomic E-state index is 3.68. The van der Waals surface area contributed by atoms with E-state index in [4.69, 9.17) is 0 Å². The van der Waals surface area contributed by atoms with E-state index in [0.717, 1.165) is 12.3 Å². The third kappa shape index (κ3) is 1.95. The molecular formula is C16H22N2. The fourth-order valence-corrected chi connectivity index (χ4v) is 3.25. The standard InChI is InChI=1S/C16H22N2/c1-3-13-14-6-4-5-7-15(14)17-16(13)12-8-10-18(2)11-9-12/h4-7,12,17H,3,8-11H2,1-2H3. The number of aromatic amines is 1. The minimum Gasteiger partial charge on any atom is -0.358 e. The van der Waals surface area contributed by atoms with Gasteiger partial charge in [-0.1, -0.05) is 25.1 Å². The van der Waals surface area contributed by atoms with Crippen LogP contribution in [0.3, 0.4) is 0 Å². The highest BCUT2D eigenvalue weighted by Gasteiger charge is 2.22. The monoisotopic (exact) mass is 242 g/mol. The molecule has 2 nitrogen and oxygen atoms in total. The number of para-hydroxylation sites is 1. The second-order valence-electron chi connectivity index (χ2n) is 5.49. The molecule has 1 aliphatic rings. The summed E-state index contributed by atoms with van der Waals surface area (Å²) in [6.45, 7) is 4.72. The van der Waals surface area contributed by atoms with Gasteiger partial charge in [-0.15, -0.1) is 0 Å². The van der Waals surface area contributed by atoms with E-state index in [1.165, 1.54) is 42.5 Å². The third-order valence-electron chi connectivity index (χ3n) is 4.33. The zero-order chi connectivity index (χ0) is 12.5. The Morgan fingerprint density at radius 2 is 1.94 bits per heavy atom. The largest absolute Gasteiger partial charge is 0.358 e. The number of hydrogen-bond acceptors (Lipinski definition) is 1. The molecule has 0 aliphatic carbocycles. The molecule has 0 saturated carbocycles. The van der Waals surface area contributed by atoms with Gasteiger partial charge in [-0.2, -0.15) is 0 Å². The molecule has 0 unspecified atom stereocenters. The van der Waals surface area contributed by atoms with Crippen LogP contribution in [0.5, 0.6) is 0 Å². The molecule has 1 aromatic carbocycles. The van der Waals surface area contributed by atoms with E-state index in [0.29, 0.717) is 0 Å². The number of aromatic nitrogens is 1. The lowest BCUT2D eigenvalue weighted by Gasteiger charge is -2.29. The van der Waals surface area contributed by atoms with E-state index in [-0.39, 0.29) is 0 Å². The molecule has 2 heterocycles. The molecule has 1 saturated heterocycles. The highest BCUT2D eigenvalue weighted by Crippen LogP contribution is 2.33. The molecule has 0 amide bonds. The van der Waals surface area contributed by atoms with Crippen LogP contribution in [0.2, 0.25) is 0 Å². The van der Waals surface area contributed by atoms with Crippen molar-refractivity contribution in [3.63, 3.8) is 0 Å². The van der Waals surface area contributed by atoms with E-state index in [1.54, 1.807) is 5.56 Å². The summed E-state index contributed by atoms with van der Waals surface area (Å²) in [5.74, 6) is 0.726. The molecule has 0 spiro atoms. The molecule has 1 fully saturated rings. The van der Waals surface area contributed by atoms with Gasteiger partial charge in [0, 0.05) is 22.5 Å². The van der Waals surface area contributed by atoms with Gasteiger partial charge in [-0.3, -0.25) is 0 Å². The van der Waals surface area contributed by atoms with Gasteiger partial charge in [0.2, 0.25) is 0 Å². The lowest BCUT2D eigenvalue weighted by molar-refractivity contribution is 0.253. The predicted octanol–water partition coefficient (Wildman–Crippen LogP) is 3.54. The smallest absolute Gasteiger partial charge is 0.0459 e. The molecule has 18 heavy (non-hydrogen) atoms. The van der Waals surface area contributed by atoms with E-state index >= 15 is 0 Å².